The second-order valence-electron chi connectivity index (χ2n) is 4.18. The van der Waals surface area contributed by atoms with Gasteiger partial charge in [-0.2, -0.15) is 0 Å². The highest BCUT2D eigenvalue weighted by atomic mass is 16.1. The quantitative estimate of drug-likeness (QED) is 0.747. The van der Waals surface area contributed by atoms with Crippen LogP contribution in [0.3, 0.4) is 0 Å². The zero-order valence-corrected chi connectivity index (χ0v) is 9.99. The largest absolute Gasteiger partial charge is 0.399 e. The fourth-order valence-corrected chi connectivity index (χ4v) is 1.72. The molecule has 1 atom stereocenters. The monoisotopic (exact) mass is 220 g/mol. The number of anilines is 1. The van der Waals surface area contributed by atoms with Crippen molar-refractivity contribution in [2.24, 2.45) is 0 Å². The lowest BCUT2D eigenvalue weighted by atomic mass is 10.1. The van der Waals surface area contributed by atoms with Crippen molar-refractivity contribution in [3.8, 4) is 0 Å². The van der Waals surface area contributed by atoms with E-state index in [4.69, 9.17) is 5.73 Å². The number of nitrogens with two attached hydrogens (primary N) is 1. The Morgan fingerprint density at radius 1 is 1.50 bits per heavy atom. The van der Waals surface area contributed by atoms with Crippen LogP contribution in [-0.4, -0.2) is 11.9 Å². The van der Waals surface area contributed by atoms with E-state index in [1.54, 1.807) is 0 Å². The Bertz CT molecular complexity index is 350. The second kappa shape index (κ2) is 6.16. The highest BCUT2D eigenvalue weighted by molar-refractivity contribution is 5.79. The Hall–Kier alpha value is -1.51. The van der Waals surface area contributed by atoms with E-state index in [0.29, 0.717) is 12.1 Å². The summed E-state index contributed by atoms with van der Waals surface area (Å²) in [7, 11) is 0. The summed E-state index contributed by atoms with van der Waals surface area (Å²) >= 11 is 0. The summed E-state index contributed by atoms with van der Waals surface area (Å²) in [6, 6.07) is 7.69. The van der Waals surface area contributed by atoms with Gasteiger partial charge in [0.2, 0.25) is 5.91 Å². The molecule has 0 aromatic heterocycles. The van der Waals surface area contributed by atoms with Gasteiger partial charge in [-0.05, 0) is 31.0 Å². The first-order chi connectivity index (χ1) is 7.61. The van der Waals surface area contributed by atoms with Crippen LogP contribution in [0.25, 0.3) is 0 Å². The molecule has 0 bridgehead atoms. The third kappa shape index (κ3) is 4.34. The molecule has 1 amide bonds. The van der Waals surface area contributed by atoms with Crippen molar-refractivity contribution in [3.63, 3.8) is 0 Å². The van der Waals surface area contributed by atoms with Crippen LogP contribution in [0.5, 0.6) is 0 Å². The predicted molar refractivity (Wildman–Crippen MR) is 67.1 cm³/mol. The van der Waals surface area contributed by atoms with E-state index in [1.165, 1.54) is 0 Å². The Morgan fingerprint density at radius 2 is 2.25 bits per heavy atom. The Balaban J connectivity index is 2.45. The van der Waals surface area contributed by atoms with Crippen LogP contribution >= 0.6 is 0 Å². The molecule has 3 nitrogen and oxygen atoms in total. The molecule has 0 aliphatic carbocycles. The third-order valence-corrected chi connectivity index (χ3v) is 2.44. The first kappa shape index (κ1) is 12.6. The van der Waals surface area contributed by atoms with Gasteiger partial charge < -0.3 is 11.1 Å². The molecule has 3 N–H and O–H groups in total. The minimum absolute atomic E-state index is 0.0616. The lowest BCUT2D eigenvalue weighted by Gasteiger charge is -2.12. The topological polar surface area (TPSA) is 55.1 Å². The van der Waals surface area contributed by atoms with Crippen molar-refractivity contribution in [3.05, 3.63) is 29.8 Å². The van der Waals surface area contributed by atoms with Crippen molar-refractivity contribution in [2.75, 3.05) is 5.73 Å². The van der Waals surface area contributed by atoms with E-state index in [0.717, 1.165) is 18.4 Å². The average molecular weight is 220 g/mol. The van der Waals surface area contributed by atoms with Crippen molar-refractivity contribution in [2.45, 2.75) is 39.2 Å². The minimum atomic E-state index is 0.0616. The number of carbonyl (C=O) groups excluding carboxylic acids is 1. The fourth-order valence-electron chi connectivity index (χ4n) is 1.72. The fraction of sp³-hybridized carbons (Fsp3) is 0.462. The van der Waals surface area contributed by atoms with Gasteiger partial charge in [-0.15, -0.1) is 0 Å². The van der Waals surface area contributed by atoms with Gasteiger partial charge in [0, 0.05) is 11.7 Å². The smallest absolute Gasteiger partial charge is 0.224 e. The van der Waals surface area contributed by atoms with Crippen molar-refractivity contribution >= 4 is 11.6 Å². The number of benzene rings is 1. The molecule has 0 aliphatic rings. The predicted octanol–water partition coefficient (Wildman–Crippen LogP) is 2.12. The summed E-state index contributed by atoms with van der Waals surface area (Å²) in [5.41, 5.74) is 7.31. The molecule has 0 heterocycles. The molecule has 16 heavy (non-hydrogen) atoms. The van der Waals surface area contributed by atoms with E-state index in [-0.39, 0.29) is 11.9 Å². The molecular formula is C13H20N2O. The lowest BCUT2D eigenvalue weighted by Crippen LogP contribution is -2.33. The maximum Gasteiger partial charge on any atom is 0.224 e. The first-order valence-corrected chi connectivity index (χ1v) is 5.75. The van der Waals surface area contributed by atoms with Gasteiger partial charge in [0.05, 0.1) is 6.42 Å². The number of carbonyl (C=O) groups is 1. The van der Waals surface area contributed by atoms with Crippen LogP contribution in [0.15, 0.2) is 24.3 Å². The molecule has 3 heteroatoms. The summed E-state index contributed by atoms with van der Waals surface area (Å²) < 4.78 is 0. The molecule has 0 saturated heterocycles. The van der Waals surface area contributed by atoms with Gasteiger partial charge in [0.15, 0.2) is 0 Å². The van der Waals surface area contributed by atoms with Gasteiger partial charge in [-0.3, -0.25) is 4.79 Å². The number of nitrogens with one attached hydrogen (secondary N) is 1. The van der Waals surface area contributed by atoms with Gasteiger partial charge in [0.1, 0.15) is 0 Å². The molecule has 1 unspecified atom stereocenters. The SMILES string of the molecule is CCCC(C)NC(=O)Cc1cccc(N)c1. The summed E-state index contributed by atoms with van der Waals surface area (Å²) in [6.07, 6.45) is 2.50. The summed E-state index contributed by atoms with van der Waals surface area (Å²) in [4.78, 5) is 11.7. The standard InChI is InChI=1S/C13H20N2O/c1-3-5-10(2)15-13(16)9-11-6-4-7-12(14)8-11/h4,6-8,10H,3,5,9,14H2,1-2H3,(H,15,16). The summed E-state index contributed by atoms with van der Waals surface area (Å²) in [5, 5.41) is 2.97. The van der Waals surface area contributed by atoms with Crippen molar-refractivity contribution < 1.29 is 4.79 Å². The molecule has 1 rings (SSSR count). The Morgan fingerprint density at radius 3 is 2.88 bits per heavy atom. The number of hydrogen-bond donors (Lipinski definition) is 2. The Labute approximate surface area is 97.0 Å². The van der Waals surface area contributed by atoms with Gasteiger partial charge in [-0.1, -0.05) is 25.5 Å². The van der Waals surface area contributed by atoms with Crippen LogP contribution in [0.2, 0.25) is 0 Å². The summed E-state index contributed by atoms with van der Waals surface area (Å²) in [6.45, 7) is 4.14. The minimum Gasteiger partial charge on any atom is -0.399 e. The Kier molecular flexibility index (Phi) is 4.83. The molecule has 0 spiro atoms. The van der Waals surface area contributed by atoms with Gasteiger partial charge in [-0.25, -0.2) is 0 Å². The molecule has 0 aliphatic heterocycles. The molecule has 88 valence electrons. The van der Waals surface area contributed by atoms with Gasteiger partial charge in [0.25, 0.3) is 0 Å². The second-order valence-corrected chi connectivity index (χ2v) is 4.18. The highest BCUT2D eigenvalue weighted by Crippen LogP contribution is 2.07. The van der Waals surface area contributed by atoms with Crippen LogP contribution in [0.1, 0.15) is 32.3 Å². The highest BCUT2D eigenvalue weighted by Gasteiger charge is 2.07. The van der Waals surface area contributed by atoms with E-state index in [2.05, 4.69) is 12.2 Å². The number of nitrogen functional groups attached to an aromatic ring is 1. The van der Waals surface area contributed by atoms with E-state index in [1.807, 2.05) is 31.2 Å². The molecule has 0 radical (unpaired) electrons. The van der Waals surface area contributed by atoms with Crippen molar-refractivity contribution in [1.29, 1.82) is 0 Å². The van der Waals surface area contributed by atoms with E-state index < -0.39 is 0 Å². The molecule has 0 saturated carbocycles. The van der Waals surface area contributed by atoms with Crippen LogP contribution in [0.4, 0.5) is 5.69 Å². The van der Waals surface area contributed by atoms with E-state index >= 15 is 0 Å². The number of rotatable bonds is 5. The lowest BCUT2D eigenvalue weighted by molar-refractivity contribution is -0.121. The molecule has 1 aromatic carbocycles. The molecular weight excluding hydrogens is 200 g/mol. The zero-order chi connectivity index (χ0) is 12.0. The maximum atomic E-state index is 11.7. The van der Waals surface area contributed by atoms with Gasteiger partial charge >= 0.3 is 0 Å². The number of amides is 1. The first-order valence-electron chi connectivity index (χ1n) is 5.75. The summed E-state index contributed by atoms with van der Waals surface area (Å²) in [5.74, 6) is 0.0616. The zero-order valence-electron chi connectivity index (χ0n) is 9.99. The van der Waals surface area contributed by atoms with Crippen LogP contribution < -0.4 is 11.1 Å². The third-order valence-electron chi connectivity index (χ3n) is 2.44. The van der Waals surface area contributed by atoms with Crippen LogP contribution in [-0.2, 0) is 11.2 Å². The van der Waals surface area contributed by atoms with E-state index in [9.17, 15) is 4.79 Å². The average Bonchev–Trinajstić information content (AvgIpc) is 2.17. The normalized spacial score (nSPS) is 12.1. The molecule has 0 fully saturated rings. The molecule has 1 aromatic rings. The maximum absolute atomic E-state index is 11.7. The van der Waals surface area contributed by atoms with Crippen molar-refractivity contribution in [1.82, 2.24) is 5.32 Å². The van der Waals surface area contributed by atoms with Crippen LogP contribution in [0, 0.1) is 0 Å². The number of hydrogen-bond acceptors (Lipinski definition) is 2.